The number of nitrogens with one attached hydrogen (secondary N) is 2. The van der Waals surface area contributed by atoms with Crippen LogP contribution in [0.2, 0.25) is 0 Å². The van der Waals surface area contributed by atoms with Gasteiger partial charge in [0.25, 0.3) is 5.91 Å². The molecule has 0 saturated carbocycles. The number of carbonyl (C=O) groups is 2. The van der Waals surface area contributed by atoms with Crippen molar-refractivity contribution >= 4 is 23.1 Å². The zero-order valence-corrected chi connectivity index (χ0v) is 22.5. The summed E-state index contributed by atoms with van der Waals surface area (Å²) in [4.78, 5) is 24.4. The van der Waals surface area contributed by atoms with E-state index in [1.165, 1.54) is 6.07 Å². The molecule has 0 spiro atoms. The molecule has 4 aromatic rings. The minimum Gasteiger partial charge on any atom is -0.350 e. The van der Waals surface area contributed by atoms with Gasteiger partial charge in [-0.1, -0.05) is 56.3 Å². The molecule has 5 nitrogen and oxygen atoms in total. The van der Waals surface area contributed by atoms with Crippen LogP contribution in [-0.4, -0.2) is 29.8 Å². The number of rotatable bonds is 8. The van der Waals surface area contributed by atoms with Crippen LogP contribution in [0.3, 0.4) is 0 Å². The minimum absolute atomic E-state index is 0.0704. The molecular weight excluding hydrogens is 484 g/mol. The molecule has 1 amide bonds. The van der Waals surface area contributed by atoms with Gasteiger partial charge in [0.1, 0.15) is 0 Å². The van der Waals surface area contributed by atoms with Crippen LogP contribution in [0.4, 0.5) is 8.78 Å². The van der Waals surface area contributed by atoms with Crippen LogP contribution in [0.15, 0.2) is 66.7 Å². The van der Waals surface area contributed by atoms with E-state index in [-0.39, 0.29) is 17.9 Å². The number of aromatic nitrogens is 1. The first-order valence-electron chi connectivity index (χ1n) is 12.7. The Morgan fingerprint density at radius 3 is 2.21 bits per heavy atom. The van der Waals surface area contributed by atoms with Crippen LogP contribution in [0.25, 0.3) is 10.9 Å². The third kappa shape index (κ3) is 6.92. The van der Waals surface area contributed by atoms with E-state index >= 15 is 0 Å². The fourth-order valence-electron chi connectivity index (χ4n) is 4.42. The highest BCUT2D eigenvalue weighted by Gasteiger charge is 2.21. The van der Waals surface area contributed by atoms with Crippen molar-refractivity contribution in [2.75, 3.05) is 7.05 Å². The number of benzene rings is 3. The van der Waals surface area contributed by atoms with E-state index < -0.39 is 11.6 Å². The van der Waals surface area contributed by atoms with Crippen molar-refractivity contribution < 1.29 is 18.4 Å². The second-order valence-corrected chi connectivity index (χ2v) is 9.78. The quantitative estimate of drug-likeness (QED) is 0.263. The van der Waals surface area contributed by atoms with Crippen LogP contribution in [0.1, 0.15) is 71.1 Å². The van der Waals surface area contributed by atoms with Crippen LogP contribution in [-0.2, 0) is 13.1 Å². The van der Waals surface area contributed by atoms with Crippen molar-refractivity contribution in [1.82, 2.24) is 15.2 Å². The summed E-state index contributed by atoms with van der Waals surface area (Å²) in [7, 11) is 1.75. The van der Waals surface area contributed by atoms with Crippen molar-refractivity contribution in [2.45, 2.75) is 52.7 Å². The first-order chi connectivity index (χ1) is 18.2. The molecule has 0 aliphatic carbocycles. The van der Waals surface area contributed by atoms with Gasteiger partial charge in [-0.3, -0.25) is 9.59 Å². The van der Waals surface area contributed by atoms with Crippen LogP contribution >= 0.6 is 0 Å². The SMILES string of the molecule is CC(C)NC(=O)c1ccc2c(C=O)c(C(C)C)n(Cc3ccccc3)c2c1.CNCc1ccc(F)c(F)c1. The van der Waals surface area contributed by atoms with E-state index in [1.807, 2.05) is 44.2 Å². The molecule has 0 radical (unpaired) electrons. The largest absolute Gasteiger partial charge is 0.350 e. The van der Waals surface area contributed by atoms with Crippen molar-refractivity contribution in [2.24, 2.45) is 0 Å². The van der Waals surface area contributed by atoms with E-state index in [0.717, 1.165) is 40.1 Å². The smallest absolute Gasteiger partial charge is 0.251 e. The summed E-state index contributed by atoms with van der Waals surface area (Å²) in [6.07, 6.45) is 0.938. The molecule has 1 aromatic heterocycles. The molecule has 3 aromatic carbocycles. The number of amides is 1. The maximum atomic E-state index is 12.5. The molecule has 0 fully saturated rings. The normalized spacial score (nSPS) is 11.0. The lowest BCUT2D eigenvalue weighted by Crippen LogP contribution is -2.30. The zero-order valence-electron chi connectivity index (χ0n) is 22.5. The Balaban J connectivity index is 0.000000304. The van der Waals surface area contributed by atoms with Gasteiger partial charge in [0.2, 0.25) is 0 Å². The Bertz CT molecular complexity index is 1400. The molecule has 1 heterocycles. The van der Waals surface area contributed by atoms with Gasteiger partial charge in [-0.2, -0.15) is 0 Å². The average molecular weight is 520 g/mol. The number of carbonyl (C=O) groups excluding carboxylic acids is 2. The predicted octanol–water partition coefficient (Wildman–Crippen LogP) is 6.45. The lowest BCUT2D eigenvalue weighted by Gasteiger charge is -2.15. The monoisotopic (exact) mass is 519 g/mol. The summed E-state index contributed by atoms with van der Waals surface area (Å²) in [5, 5.41) is 6.67. The number of aldehydes is 1. The van der Waals surface area contributed by atoms with Gasteiger partial charge in [-0.25, -0.2) is 8.78 Å². The third-order valence-corrected chi connectivity index (χ3v) is 6.04. The molecule has 7 heteroatoms. The maximum absolute atomic E-state index is 12.5. The molecule has 0 saturated heterocycles. The molecule has 0 aliphatic heterocycles. The molecule has 0 aliphatic rings. The zero-order chi connectivity index (χ0) is 27.8. The van der Waals surface area contributed by atoms with Crippen LogP contribution in [0, 0.1) is 11.6 Å². The number of hydrogen-bond acceptors (Lipinski definition) is 3. The summed E-state index contributed by atoms with van der Waals surface area (Å²) in [6, 6.07) is 19.7. The van der Waals surface area contributed by atoms with Crippen molar-refractivity contribution in [3.63, 3.8) is 0 Å². The van der Waals surface area contributed by atoms with Gasteiger partial charge in [0, 0.05) is 41.3 Å². The first-order valence-corrected chi connectivity index (χ1v) is 12.7. The molecule has 0 unspecified atom stereocenters. The van der Waals surface area contributed by atoms with Gasteiger partial charge >= 0.3 is 0 Å². The van der Waals surface area contributed by atoms with E-state index in [1.54, 1.807) is 19.2 Å². The minimum atomic E-state index is -0.801. The highest BCUT2D eigenvalue weighted by molar-refractivity contribution is 6.04. The number of fused-ring (bicyclic) bond motifs is 1. The van der Waals surface area contributed by atoms with E-state index in [0.29, 0.717) is 24.2 Å². The van der Waals surface area contributed by atoms with Crippen LogP contribution < -0.4 is 10.6 Å². The Morgan fingerprint density at radius 1 is 0.921 bits per heavy atom. The van der Waals surface area contributed by atoms with E-state index in [2.05, 4.69) is 41.2 Å². The second-order valence-electron chi connectivity index (χ2n) is 9.78. The lowest BCUT2D eigenvalue weighted by atomic mass is 10.0. The summed E-state index contributed by atoms with van der Waals surface area (Å²) < 4.78 is 27.0. The Morgan fingerprint density at radius 2 is 1.63 bits per heavy atom. The molecule has 0 bridgehead atoms. The maximum Gasteiger partial charge on any atom is 0.251 e. The molecular formula is C31H35F2N3O2. The van der Waals surface area contributed by atoms with Gasteiger partial charge in [0.05, 0.1) is 5.52 Å². The number of nitrogens with zero attached hydrogens (tertiary/aromatic N) is 1. The highest BCUT2D eigenvalue weighted by Crippen LogP contribution is 2.32. The molecule has 38 heavy (non-hydrogen) atoms. The third-order valence-electron chi connectivity index (χ3n) is 6.04. The van der Waals surface area contributed by atoms with Gasteiger partial charge in [-0.15, -0.1) is 0 Å². The van der Waals surface area contributed by atoms with Crippen LogP contribution in [0.5, 0.6) is 0 Å². The molecule has 4 rings (SSSR count). The van der Waals surface area contributed by atoms with Crippen molar-refractivity contribution in [3.8, 4) is 0 Å². The summed E-state index contributed by atoms with van der Waals surface area (Å²) in [5.41, 5.74) is 5.14. The molecule has 200 valence electrons. The lowest BCUT2D eigenvalue weighted by molar-refractivity contribution is 0.0943. The van der Waals surface area contributed by atoms with Gasteiger partial charge < -0.3 is 15.2 Å². The molecule has 0 atom stereocenters. The van der Waals surface area contributed by atoms with E-state index in [4.69, 9.17) is 0 Å². The summed E-state index contributed by atoms with van der Waals surface area (Å²) in [6.45, 7) is 9.28. The van der Waals surface area contributed by atoms with E-state index in [9.17, 15) is 18.4 Å². The standard InChI is InChI=1S/C23H26N2O2.C8H9F2N/c1-15(2)22-20(14-26)19-11-10-18(23(27)24-16(3)4)12-21(19)25(22)13-17-8-6-5-7-9-17;1-11-5-6-2-3-7(9)8(10)4-6/h5-12,14-16H,13H2,1-4H3,(H,24,27);2-4,11H,5H2,1H3. The molecule has 2 N–H and O–H groups in total. The highest BCUT2D eigenvalue weighted by atomic mass is 19.2. The Kier molecular flexibility index (Phi) is 9.91. The number of halogens is 2. The average Bonchev–Trinajstić information content (AvgIpc) is 3.20. The first kappa shape index (κ1) is 28.7. The summed E-state index contributed by atoms with van der Waals surface area (Å²) in [5.74, 6) is -1.50. The summed E-state index contributed by atoms with van der Waals surface area (Å²) >= 11 is 0. The fraction of sp³-hybridized carbons (Fsp3) is 0.290. The predicted molar refractivity (Wildman–Crippen MR) is 149 cm³/mol. The fourth-order valence-corrected chi connectivity index (χ4v) is 4.42. The Labute approximate surface area is 222 Å². The van der Waals surface area contributed by atoms with Gasteiger partial charge in [0.15, 0.2) is 17.9 Å². The second kappa shape index (κ2) is 13.1. The Hall–Kier alpha value is -3.84. The topological polar surface area (TPSA) is 63.1 Å². The van der Waals surface area contributed by atoms with Crippen molar-refractivity contribution in [3.05, 3.63) is 106 Å². The number of hydrogen-bond donors (Lipinski definition) is 2. The van der Waals surface area contributed by atoms with Crippen molar-refractivity contribution in [1.29, 1.82) is 0 Å². The van der Waals surface area contributed by atoms with Gasteiger partial charge in [-0.05, 0) is 62.2 Å².